The van der Waals surface area contributed by atoms with E-state index in [-0.39, 0.29) is 5.41 Å². The van der Waals surface area contributed by atoms with Crippen LogP contribution < -0.4 is 5.73 Å². The lowest BCUT2D eigenvalue weighted by molar-refractivity contribution is 0.590. The average Bonchev–Trinajstić information content (AvgIpc) is 2.91. The quantitative estimate of drug-likeness (QED) is 0.728. The molecule has 0 atom stereocenters. The van der Waals surface area contributed by atoms with Gasteiger partial charge in [-0.15, -0.1) is 11.3 Å². The third-order valence-corrected chi connectivity index (χ3v) is 4.14. The minimum Gasteiger partial charge on any atom is -0.384 e. The van der Waals surface area contributed by atoms with Gasteiger partial charge in [-0.25, -0.2) is 4.98 Å². The van der Waals surface area contributed by atoms with Gasteiger partial charge in [-0.3, -0.25) is 4.40 Å². The Morgan fingerprint density at radius 3 is 2.42 bits per heavy atom. The zero-order valence-corrected chi connectivity index (χ0v) is 12.2. The number of rotatable bonds is 1. The molecular weight excluding hydrogens is 254 g/mol. The number of nitrogen functional groups attached to an aromatic ring is 1. The number of thiazole rings is 1. The van der Waals surface area contributed by atoms with Gasteiger partial charge in [0.05, 0.1) is 5.69 Å². The van der Waals surface area contributed by atoms with Gasteiger partial charge in [0.25, 0.3) is 0 Å². The van der Waals surface area contributed by atoms with Crippen molar-refractivity contribution >= 4 is 22.1 Å². The van der Waals surface area contributed by atoms with Gasteiger partial charge in [0.1, 0.15) is 5.82 Å². The molecule has 0 aliphatic rings. The Morgan fingerprint density at radius 1 is 1.16 bits per heavy atom. The van der Waals surface area contributed by atoms with Crippen LogP contribution in [-0.4, -0.2) is 9.38 Å². The van der Waals surface area contributed by atoms with Gasteiger partial charge in [0.15, 0.2) is 4.96 Å². The summed E-state index contributed by atoms with van der Waals surface area (Å²) in [7, 11) is 0. The lowest BCUT2D eigenvalue weighted by atomic mass is 9.86. The standard InChI is InChI=1S/C15H17N3S/c1-15(2,3)11-6-4-10(5-7-11)12-8-18-13(16)9-19-14(18)17-12/h4-9H,16H2,1-3H3. The van der Waals surface area contributed by atoms with Crippen LogP contribution in [0.4, 0.5) is 5.82 Å². The molecule has 0 fully saturated rings. The molecule has 2 heterocycles. The largest absolute Gasteiger partial charge is 0.384 e. The van der Waals surface area contributed by atoms with Crippen molar-refractivity contribution in [3.8, 4) is 11.3 Å². The predicted molar refractivity (Wildman–Crippen MR) is 81.6 cm³/mol. The second-order valence-corrected chi connectivity index (χ2v) is 6.60. The molecule has 2 N–H and O–H groups in total. The molecule has 0 bridgehead atoms. The number of benzene rings is 1. The minimum absolute atomic E-state index is 0.178. The zero-order valence-electron chi connectivity index (χ0n) is 11.3. The molecule has 0 saturated heterocycles. The van der Waals surface area contributed by atoms with Crippen LogP contribution >= 0.6 is 11.3 Å². The number of hydrogen-bond acceptors (Lipinski definition) is 3. The van der Waals surface area contributed by atoms with Gasteiger partial charge in [-0.1, -0.05) is 45.0 Å². The maximum Gasteiger partial charge on any atom is 0.195 e. The van der Waals surface area contributed by atoms with Gasteiger partial charge >= 0.3 is 0 Å². The summed E-state index contributed by atoms with van der Waals surface area (Å²) < 4.78 is 1.93. The van der Waals surface area contributed by atoms with Crippen LogP contribution in [0, 0.1) is 0 Å². The number of anilines is 1. The normalized spacial score (nSPS) is 12.2. The first-order valence-electron chi connectivity index (χ1n) is 6.28. The van der Waals surface area contributed by atoms with E-state index < -0.39 is 0 Å². The third kappa shape index (κ3) is 2.12. The van der Waals surface area contributed by atoms with Crippen molar-refractivity contribution in [1.29, 1.82) is 0 Å². The Bertz CT molecular complexity index is 714. The van der Waals surface area contributed by atoms with E-state index >= 15 is 0 Å². The molecule has 3 nitrogen and oxygen atoms in total. The smallest absolute Gasteiger partial charge is 0.195 e. The Morgan fingerprint density at radius 2 is 1.84 bits per heavy atom. The molecule has 4 heteroatoms. The van der Waals surface area contributed by atoms with Crippen molar-refractivity contribution < 1.29 is 0 Å². The lowest BCUT2D eigenvalue weighted by Crippen LogP contribution is -2.10. The van der Waals surface area contributed by atoms with Crippen molar-refractivity contribution in [2.75, 3.05) is 5.73 Å². The van der Waals surface area contributed by atoms with E-state index in [1.165, 1.54) is 5.56 Å². The molecular formula is C15H17N3S. The minimum atomic E-state index is 0.178. The van der Waals surface area contributed by atoms with Crippen LogP contribution in [0.25, 0.3) is 16.2 Å². The van der Waals surface area contributed by atoms with Crippen LogP contribution in [0.2, 0.25) is 0 Å². The highest BCUT2D eigenvalue weighted by atomic mass is 32.1. The molecule has 3 aromatic rings. The Balaban J connectivity index is 2.02. The third-order valence-electron chi connectivity index (χ3n) is 3.28. The number of hydrogen-bond donors (Lipinski definition) is 1. The molecule has 0 amide bonds. The van der Waals surface area contributed by atoms with Crippen LogP contribution in [0.3, 0.4) is 0 Å². The highest BCUT2D eigenvalue weighted by Gasteiger charge is 2.14. The van der Waals surface area contributed by atoms with Gasteiger partial charge in [0, 0.05) is 17.1 Å². The average molecular weight is 271 g/mol. The Kier molecular flexibility index (Phi) is 2.64. The molecule has 0 aliphatic heterocycles. The summed E-state index contributed by atoms with van der Waals surface area (Å²) in [5.74, 6) is 0.741. The maximum absolute atomic E-state index is 5.88. The highest BCUT2D eigenvalue weighted by Crippen LogP contribution is 2.27. The Hall–Kier alpha value is -1.81. The van der Waals surface area contributed by atoms with E-state index in [4.69, 9.17) is 5.73 Å². The first-order valence-corrected chi connectivity index (χ1v) is 7.16. The van der Waals surface area contributed by atoms with Crippen LogP contribution in [0.1, 0.15) is 26.3 Å². The number of aromatic nitrogens is 2. The monoisotopic (exact) mass is 271 g/mol. The van der Waals surface area contributed by atoms with E-state index in [9.17, 15) is 0 Å². The molecule has 3 rings (SSSR count). The van der Waals surface area contributed by atoms with Crippen molar-refractivity contribution in [2.24, 2.45) is 0 Å². The number of imidazole rings is 1. The second-order valence-electron chi connectivity index (χ2n) is 5.77. The molecule has 0 spiro atoms. The van der Waals surface area contributed by atoms with Crippen molar-refractivity contribution in [1.82, 2.24) is 9.38 Å². The summed E-state index contributed by atoms with van der Waals surface area (Å²) in [5, 5.41) is 1.91. The van der Waals surface area contributed by atoms with E-state index in [2.05, 4.69) is 50.0 Å². The first kappa shape index (κ1) is 12.2. The van der Waals surface area contributed by atoms with E-state index in [1.54, 1.807) is 11.3 Å². The second kappa shape index (κ2) is 4.10. The number of fused-ring (bicyclic) bond motifs is 1. The lowest BCUT2D eigenvalue weighted by Gasteiger charge is -2.18. The zero-order chi connectivity index (χ0) is 13.6. The molecule has 2 aromatic heterocycles. The molecule has 19 heavy (non-hydrogen) atoms. The Labute approximate surface area is 116 Å². The van der Waals surface area contributed by atoms with Gasteiger partial charge in [0.2, 0.25) is 0 Å². The summed E-state index contributed by atoms with van der Waals surface area (Å²) in [4.78, 5) is 5.53. The fourth-order valence-corrected chi connectivity index (χ4v) is 2.84. The molecule has 1 aromatic carbocycles. The molecule has 0 radical (unpaired) electrons. The van der Waals surface area contributed by atoms with E-state index in [0.717, 1.165) is 22.0 Å². The van der Waals surface area contributed by atoms with E-state index in [0.29, 0.717) is 0 Å². The molecule has 98 valence electrons. The number of nitrogens with zero attached hydrogens (tertiary/aromatic N) is 2. The molecule has 0 unspecified atom stereocenters. The summed E-state index contributed by atoms with van der Waals surface area (Å²) >= 11 is 1.56. The van der Waals surface area contributed by atoms with Crippen LogP contribution in [-0.2, 0) is 5.41 Å². The van der Waals surface area contributed by atoms with Crippen molar-refractivity contribution in [3.63, 3.8) is 0 Å². The summed E-state index contributed by atoms with van der Waals surface area (Å²) in [6.45, 7) is 6.65. The highest BCUT2D eigenvalue weighted by molar-refractivity contribution is 7.15. The summed E-state index contributed by atoms with van der Waals surface area (Å²) in [6, 6.07) is 8.60. The maximum atomic E-state index is 5.88. The first-order chi connectivity index (χ1) is 8.95. The topological polar surface area (TPSA) is 43.3 Å². The van der Waals surface area contributed by atoms with Gasteiger partial charge in [-0.2, -0.15) is 0 Å². The van der Waals surface area contributed by atoms with Crippen molar-refractivity contribution in [3.05, 3.63) is 41.4 Å². The fraction of sp³-hybridized carbons (Fsp3) is 0.267. The van der Waals surface area contributed by atoms with Crippen molar-refractivity contribution in [2.45, 2.75) is 26.2 Å². The SMILES string of the molecule is CC(C)(C)c1ccc(-c2cn3c(N)csc3n2)cc1. The van der Waals surface area contributed by atoms with E-state index in [1.807, 2.05) is 16.0 Å². The van der Waals surface area contributed by atoms with Crippen LogP contribution in [0.5, 0.6) is 0 Å². The number of nitrogens with two attached hydrogens (primary N) is 1. The van der Waals surface area contributed by atoms with Gasteiger partial charge in [-0.05, 0) is 11.0 Å². The molecule has 0 saturated carbocycles. The molecule has 0 aliphatic carbocycles. The van der Waals surface area contributed by atoms with Gasteiger partial charge < -0.3 is 5.73 Å². The fourth-order valence-electron chi connectivity index (χ4n) is 2.08. The summed E-state index contributed by atoms with van der Waals surface area (Å²) in [6.07, 6.45) is 1.99. The predicted octanol–water partition coefficient (Wildman–Crippen LogP) is 3.94. The van der Waals surface area contributed by atoms with Crippen LogP contribution in [0.15, 0.2) is 35.8 Å². The summed E-state index contributed by atoms with van der Waals surface area (Å²) in [5.41, 5.74) is 9.49.